The highest BCUT2D eigenvalue weighted by atomic mass is 16.5. The Morgan fingerprint density at radius 2 is 1.50 bits per heavy atom. The van der Waals surface area contributed by atoms with Crippen LogP contribution in [0.1, 0.15) is 43.5 Å². The molecule has 28 heavy (non-hydrogen) atoms. The minimum Gasteiger partial charge on any atom is -0.379 e. The highest BCUT2D eigenvalue weighted by Gasteiger charge is 2.47. The predicted molar refractivity (Wildman–Crippen MR) is 111 cm³/mol. The van der Waals surface area contributed by atoms with Crippen LogP contribution in [-0.2, 0) is 9.53 Å². The van der Waals surface area contributed by atoms with E-state index in [-0.39, 0.29) is 17.4 Å². The first-order valence-electron chi connectivity index (χ1n) is 10.3. The molecule has 2 heterocycles. The molecule has 2 aromatic carbocycles. The van der Waals surface area contributed by atoms with Gasteiger partial charge < -0.3 is 9.64 Å². The predicted octanol–water partition coefficient (Wildman–Crippen LogP) is 4.06. The average Bonchev–Trinajstić information content (AvgIpc) is 2.92. The zero-order valence-corrected chi connectivity index (χ0v) is 16.9. The highest BCUT2D eigenvalue weighted by Crippen LogP contribution is 2.40. The van der Waals surface area contributed by atoms with Crippen LogP contribution in [0.15, 0.2) is 60.7 Å². The van der Waals surface area contributed by atoms with Gasteiger partial charge in [-0.15, -0.1) is 0 Å². The smallest absolute Gasteiger partial charge is 0.223 e. The highest BCUT2D eigenvalue weighted by molar-refractivity contribution is 5.80. The lowest BCUT2D eigenvalue weighted by Crippen LogP contribution is -2.42. The standard InChI is InChI=1S/C24H30N2O2/c1-19(21-9-5-3-6-10-21)25-13-14-28-18-24(16-25)15-23(27)26(17-24)20(2)22-11-7-4-8-12-22/h3-12,19-20H,13-18H2,1-2H3/t19-,20+,24-/m1/s1. The van der Waals surface area contributed by atoms with Crippen LogP contribution in [0.4, 0.5) is 0 Å². The number of ether oxygens (including phenoxy) is 1. The second-order valence-corrected chi connectivity index (χ2v) is 8.39. The second kappa shape index (κ2) is 8.06. The Balaban J connectivity index is 1.53. The van der Waals surface area contributed by atoms with E-state index < -0.39 is 0 Å². The summed E-state index contributed by atoms with van der Waals surface area (Å²) < 4.78 is 6.01. The molecule has 2 saturated heterocycles. The molecule has 0 aromatic heterocycles. The number of hydrogen-bond donors (Lipinski definition) is 0. The van der Waals surface area contributed by atoms with Crippen molar-refractivity contribution < 1.29 is 9.53 Å². The van der Waals surface area contributed by atoms with Crippen molar-refractivity contribution in [3.05, 3.63) is 71.8 Å². The number of nitrogens with zero attached hydrogens (tertiary/aromatic N) is 2. The summed E-state index contributed by atoms with van der Waals surface area (Å²) in [5.41, 5.74) is 2.38. The van der Waals surface area contributed by atoms with Gasteiger partial charge in [-0.05, 0) is 25.0 Å². The molecule has 1 spiro atoms. The van der Waals surface area contributed by atoms with E-state index in [0.717, 1.165) is 26.2 Å². The van der Waals surface area contributed by atoms with Crippen LogP contribution in [0, 0.1) is 5.41 Å². The summed E-state index contributed by atoms with van der Waals surface area (Å²) in [5, 5.41) is 0. The van der Waals surface area contributed by atoms with Crippen molar-refractivity contribution in [2.75, 3.05) is 32.8 Å². The molecule has 1 amide bonds. The minimum atomic E-state index is -0.125. The average molecular weight is 379 g/mol. The van der Waals surface area contributed by atoms with Crippen LogP contribution in [-0.4, -0.2) is 48.6 Å². The fourth-order valence-corrected chi connectivity index (χ4v) is 4.69. The molecule has 0 N–H and O–H groups in total. The van der Waals surface area contributed by atoms with Gasteiger partial charge in [0.2, 0.25) is 5.91 Å². The molecular weight excluding hydrogens is 348 g/mol. The lowest BCUT2D eigenvalue weighted by molar-refractivity contribution is -0.129. The molecule has 4 rings (SSSR count). The van der Waals surface area contributed by atoms with Gasteiger partial charge in [-0.1, -0.05) is 60.7 Å². The molecule has 148 valence electrons. The molecule has 2 aromatic rings. The van der Waals surface area contributed by atoms with E-state index in [9.17, 15) is 4.79 Å². The van der Waals surface area contributed by atoms with Gasteiger partial charge in [0.15, 0.2) is 0 Å². The van der Waals surface area contributed by atoms with Crippen LogP contribution in [0.2, 0.25) is 0 Å². The topological polar surface area (TPSA) is 32.8 Å². The molecule has 0 aliphatic carbocycles. The van der Waals surface area contributed by atoms with E-state index >= 15 is 0 Å². The van der Waals surface area contributed by atoms with Crippen molar-refractivity contribution in [1.82, 2.24) is 9.80 Å². The molecule has 4 nitrogen and oxygen atoms in total. The van der Waals surface area contributed by atoms with Gasteiger partial charge in [0.25, 0.3) is 0 Å². The second-order valence-electron chi connectivity index (χ2n) is 8.39. The molecule has 3 atom stereocenters. The van der Waals surface area contributed by atoms with E-state index in [1.54, 1.807) is 0 Å². The van der Waals surface area contributed by atoms with Gasteiger partial charge in [0, 0.05) is 37.5 Å². The number of likely N-dealkylation sites (tertiary alicyclic amines) is 1. The number of amides is 1. The van der Waals surface area contributed by atoms with Gasteiger partial charge in [0.1, 0.15) is 0 Å². The first-order chi connectivity index (χ1) is 13.6. The summed E-state index contributed by atoms with van der Waals surface area (Å²) in [6.07, 6.45) is 0.572. The molecule has 2 aliphatic heterocycles. The number of benzene rings is 2. The SMILES string of the molecule is C[C@H](c1ccccc1)N1CCOC[C@]2(CC(=O)N([C@@H](C)c3ccccc3)C2)C1. The van der Waals surface area contributed by atoms with Crippen molar-refractivity contribution in [2.24, 2.45) is 5.41 Å². The van der Waals surface area contributed by atoms with Gasteiger partial charge in [0.05, 0.1) is 19.3 Å². The number of hydrogen-bond acceptors (Lipinski definition) is 3. The van der Waals surface area contributed by atoms with Crippen molar-refractivity contribution in [3.8, 4) is 0 Å². The van der Waals surface area contributed by atoms with Crippen LogP contribution in [0.25, 0.3) is 0 Å². The first kappa shape index (κ1) is 19.2. The van der Waals surface area contributed by atoms with E-state index in [0.29, 0.717) is 19.1 Å². The van der Waals surface area contributed by atoms with E-state index in [2.05, 4.69) is 66.1 Å². The van der Waals surface area contributed by atoms with E-state index in [1.807, 2.05) is 18.2 Å². The number of rotatable bonds is 4. The van der Waals surface area contributed by atoms with Gasteiger partial charge in [-0.3, -0.25) is 9.69 Å². The Bertz CT molecular complexity index is 795. The summed E-state index contributed by atoms with van der Waals surface area (Å²) in [5.74, 6) is 0.245. The van der Waals surface area contributed by atoms with Gasteiger partial charge in [-0.2, -0.15) is 0 Å². The summed E-state index contributed by atoms with van der Waals surface area (Å²) in [7, 11) is 0. The Kier molecular flexibility index (Phi) is 5.51. The molecule has 0 bridgehead atoms. The molecule has 0 radical (unpaired) electrons. The van der Waals surface area contributed by atoms with Gasteiger partial charge >= 0.3 is 0 Å². The summed E-state index contributed by atoms with van der Waals surface area (Å²) >= 11 is 0. The Labute approximate surface area is 168 Å². The molecule has 4 heteroatoms. The third kappa shape index (κ3) is 3.85. The van der Waals surface area contributed by atoms with Crippen LogP contribution in [0.3, 0.4) is 0 Å². The third-order valence-electron chi connectivity index (χ3n) is 6.40. The van der Waals surface area contributed by atoms with Crippen molar-refractivity contribution >= 4 is 5.91 Å². The monoisotopic (exact) mass is 378 g/mol. The lowest BCUT2D eigenvalue weighted by atomic mass is 9.86. The third-order valence-corrected chi connectivity index (χ3v) is 6.40. The number of carbonyl (C=O) groups excluding carboxylic acids is 1. The van der Waals surface area contributed by atoms with Crippen molar-refractivity contribution in [1.29, 1.82) is 0 Å². The normalized spacial score (nSPS) is 25.6. The maximum atomic E-state index is 13.0. The zero-order valence-electron chi connectivity index (χ0n) is 16.9. The zero-order chi connectivity index (χ0) is 19.6. The van der Waals surface area contributed by atoms with Crippen LogP contribution >= 0.6 is 0 Å². The van der Waals surface area contributed by atoms with Crippen LogP contribution < -0.4 is 0 Å². The summed E-state index contributed by atoms with van der Waals surface area (Å²) in [6, 6.07) is 21.3. The van der Waals surface area contributed by atoms with E-state index in [4.69, 9.17) is 4.74 Å². The Morgan fingerprint density at radius 1 is 0.893 bits per heavy atom. The molecule has 2 aliphatic rings. The fraction of sp³-hybridized carbons (Fsp3) is 0.458. The Hall–Kier alpha value is -2.17. The maximum Gasteiger partial charge on any atom is 0.223 e. The van der Waals surface area contributed by atoms with Crippen LogP contribution in [0.5, 0.6) is 0 Å². The molecule has 0 saturated carbocycles. The summed E-state index contributed by atoms with van der Waals surface area (Å²) in [6.45, 7) is 8.34. The van der Waals surface area contributed by atoms with Crippen molar-refractivity contribution in [2.45, 2.75) is 32.4 Å². The fourth-order valence-electron chi connectivity index (χ4n) is 4.69. The van der Waals surface area contributed by atoms with Gasteiger partial charge in [-0.25, -0.2) is 0 Å². The minimum absolute atomic E-state index is 0.0938. The Morgan fingerprint density at radius 3 is 2.14 bits per heavy atom. The molecule has 2 fully saturated rings. The quantitative estimate of drug-likeness (QED) is 0.804. The maximum absolute atomic E-state index is 13.0. The molecular formula is C24H30N2O2. The van der Waals surface area contributed by atoms with E-state index in [1.165, 1.54) is 11.1 Å². The largest absolute Gasteiger partial charge is 0.379 e. The first-order valence-corrected chi connectivity index (χ1v) is 10.3. The lowest BCUT2D eigenvalue weighted by Gasteiger charge is -2.35. The summed E-state index contributed by atoms with van der Waals surface area (Å²) in [4.78, 5) is 17.5. The van der Waals surface area contributed by atoms with Crippen molar-refractivity contribution in [3.63, 3.8) is 0 Å². The number of carbonyl (C=O) groups is 1. The molecule has 0 unspecified atom stereocenters.